The third kappa shape index (κ3) is 2.95. The van der Waals surface area contributed by atoms with Gasteiger partial charge in [0.1, 0.15) is 0 Å². The average molecular weight is 196 g/mol. The maximum absolute atomic E-state index is 4.33. The molecule has 12 heavy (non-hydrogen) atoms. The lowest BCUT2D eigenvalue weighted by molar-refractivity contribution is 1.26. The third-order valence-corrected chi connectivity index (χ3v) is 2.20. The molecule has 1 rings (SSSR count). The van der Waals surface area contributed by atoms with E-state index in [9.17, 15) is 0 Å². The van der Waals surface area contributed by atoms with Crippen molar-refractivity contribution in [1.82, 2.24) is 0 Å². The SMILES string of the molecule is SCCC=Cc1ccccc1S. The molecule has 0 spiro atoms. The Labute approximate surface area is 84.5 Å². The molecule has 0 fully saturated rings. The highest BCUT2D eigenvalue weighted by Gasteiger charge is 1.90. The molecule has 0 nitrogen and oxygen atoms in total. The molecular weight excluding hydrogens is 184 g/mol. The van der Waals surface area contributed by atoms with E-state index >= 15 is 0 Å². The molecule has 0 amide bonds. The molecule has 2 heteroatoms. The molecule has 0 aromatic heterocycles. The number of thiol groups is 2. The topological polar surface area (TPSA) is 0 Å². The number of benzene rings is 1. The van der Waals surface area contributed by atoms with Crippen LogP contribution in [0.15, 0.2) is 35.2 Å². The van der Waals surface area contributed by atoms with Gasteiger partial charge in [0.25, 0.3) is 0 Å². The maximum Gasteiger partial charge on any atom is 0.0112 e. The highest BCUT2D eigenvalue weighted by atomic mass is 32.1. The molecule has 0 unspecified atom stereocenters. The summed E-state index contributed by atoms with van der Waals surface area (Å²) >= 11 is 8.45. The lowest BCUT2D eigenvalue weighted by Gasteiger charge is -1.96. The third-order valence-electron chi connectivity index (χ3n) is 1.53. The molecule has 0 aliphatic heterocycles. The van der Waals surface area contributed by atoms with Gasteiger partial charge in [0, 0.05) is 4.90 Å². The summed E-state index contributed by atoms with van der Waals surface area (Å²) in [5, 5.41) is 0. The van der Waals surface area contributed by atoms with Crippen LogP contribution >= 0.6 is 25.3 Å². The molecule has 64 valence electrons. The second kappa shape index (κ2) is 5.33. The first-order valence-corrected chi connectivity index (χ1v) is 4.98. The Bertz CT molecular complexity index is 266. The van der Waals surface area contributed by atoms with Gasteiger partial charge in [0.15, 0.2) is 0 Å². The van der Waals surface area contributed by atoms with Crippen LogP contribution < -0.4 is 0 Å². The lowest BCUT2D eigenvalue weighted by atomic mass is 10.2. The fourth-order valence-corrected chi connectivity index (χ4v) is 1.30. The van der Waals surface area contributed by atoms with Crippen LogP contribution in [0.4, 0.5) is 0 Å². The minimum absolute atomic E-state index is 0.894. The van der Waals surface area contributed by atoms with Gasteiger partial charge in [-0.3, -0.25) is 0 Å². The van der Waals surface area contributed by atoms with E-state index in [0.29, 0.717) is 0 Å². The molecule has 1 aromatic rings. The molecule has 1 aromatic carbocycles. The number of hydrogen-bond acceptors (Lipinski definition) is 2. The van der Waals surface area contributed by atoms with Crippen LogP contribution in [0.3, 0.4) is 0 Å². The Morgan fingerprint density at radius 3 is 2.67 bits per heavy atom. The molecule has 0 atom stereocenters. The fourth-order valence-electron chi connectivity index (χ4n) is 0.913. The number of hydrogen-bond donors (Lipinski definition) is 2. The molecule has 0 aliphatic rings. The van der Waals surface area contributed by atoms with E-state index in [-0.39, 0.29) is 0 Å². The molecule has 0 radical (unpaired) electrons. The summed E-state index contributed by atoms with van der Waals surface area (Å²) in [6.45, 7) is 0. The van der Waals surface area contributed by atoms with Gasteiger partial charge >= 0.3 is 0 Å². The first kappa shape index (κ1) is 9.75. The Balaban J connectivity index is 2.68. The highest BCUT2D eigenvalue weighted by Crippen LogP contribution is 2.14. The van der Waals surface area contributed by atoms with E-state index in [1.54, 1.807) is 0 Å². The van der Waals surface area contributed by atoms with Gasteiger partial charge in [-0.2, -0.15) is 12.6 Å². The van der Waals surface area contributed by atoms with Crippen LogP contribution in [-0.2, 0) is 0 Å². The molecule has 0 heterocycles. The maximum atomic E-state index is 4.33. The molecule has 0 aliphatic carbocycles. The zero-order valence-corrected chi connectivity index (χ0v) is 8.56. The molecule has 0 saturated carbocycles. The average Bonchev–Trinajstić information content (AvgIpc) is 2.09. The second-order valence-corrected chi connectivity index (χ2v) is 3.40. The molecule has 0 saturated heterocycles. The minimum Gasteiger partial charge on any atom is -0.179 e. The van der Waals surface area contributed by atoms with Crippen LogP contribution in [0.2, 0.25) is 0 Å². The predicted octanol–water partition coefficient (Wildman–Crippen LogP) is 3.31. The smallest absolute Gasteiger partial charge is 0.0112 e. The van der Waals surface area contributed by atoms with E-state index in [1.165, 1.54) is 5.56 Å². The normalized spacial score (nSPS) is 10.8. The highest BCUT2D eigenvalue weighted by molar-refractivity contribution is 7.80. The van der Waals surface area contributed by atoms with Gasteiger partial charge in [0.2, 0.25) is 0 Å². The van der Waals surface area contributed by atoms with Gasteiger partial charge in [0.05, 0.1) is 0 Å². The number of rotatable bonds is 3. The molecule has 0 bridgehead atoms. The van der Waals surface area contributed by atoms with E-state index in [2.05, 4.69) is 43.5 Å². The van der Waals surface area contributed by atoms with Crippen LogP contribution in [0.5, 0.6) is 0 Å². The Hall–Kier alpha value is -0.340. The van der Waals surface area contributed by atoms with Crippen molar-refractivity contribution in [2.45, 2.75) is 11.3 Å². The molecule has 0 N–H and O–H groups in total. The molecular formula is C10H12S2. The Kier molecular flexibility index (Phi) is 4.33. The summed E-state index contributed by atoms with van der Waals surface area (Å²) in [5.41, 5.74) is 1.17. The van der Waals surface area contributed by atoms with Gasteiger partial charge in [-0.05, 0) is 23.8 Å². The van der Waals surface area contributed by atoms with Crippen molar-refractivity contribution in [1.29, 1.82) is 0 Å². The van der Waals surface area contributed by atoms with E-state index in [0.717, 1.165) is 17.1 Å². The zero-order valence-electron chi connectivity index (χ0n) is 6.77. The van der Waals surface area contributed by atoms with Crippen molar-refractivity contribution in [3.8, 4) is 0 Å². The Morgan fingerprint density at radius 1 is 1.25 bits per heavy atom. The second-order valence-electron chi connectivity index (χ2n) is 2.47. The van der Waals surface area contributed by atoms with Crippen molar-refractivity contribution < 1.29 is 0 Å². The van der Waals surface area contributed by atoms with Gasteiger partial charge in [-0.15, -0.1) is 12.6 Å². The van der Waals surface area contributed by atoms with Crippen LogP contribution in [0.25, 0.3) is 6.08 Å². The van der Waals surface area contributed by atoms with Crippen LogP contribution in [0.1, 0.15) is 12.0 Å². The minimum atomic E-state index is 0.894. The standard InChI is InChI=1S/C10H12S2/c11-8-4-3-6-9-5-1-2-7-10(9)12/h1-3,5-7,11-12H,4,8H2. The lowest BCUT2D eigenvalue weighted by Crippen LogP contribution is -1.74. The van der Waals surface area contributed by atoms with Gasteiger partial charge < -0.3 is 0 Å². The summed E-state index contributed by atoms with van der Waals surface area (Å²) in [5.74, 6) is 0.894. The van der Waals surface area contributed by atoms with Crippen molar-refractivity contribution in [2.24, 2.45) is 0 Å². The van der Waals surface area contributed by atoms with E-state index in [4.69, 9.17) is 0 Å². The first-order chi connectivity index (χ1) is 5.84. The summed E-state index contributed by atoms with van der Waals surface area (Å²) in [4.78, 5) is 1.02. The van der Waals surface area contributed by atoms with Crippen molar-refractivity contribution in [3.05, 3.63) is 35.9 Å². The quantitative estimate of drug-likeness (QED) is 0.681. The summed E-state index contributed by atoms with van der Waals surface area (Å²) in [6, 6.07) is 8.04. The van der Waals surface area contributed by atoms with Crippen LogP contribution in [0, 0.1) is 0 Å². The fraction of sp³-hybridized carbons (Fsp3) is 0.200. The summed E-state index contributed by atoms with van der Waals surface area (Å²) in [7, 11) is 0. The predicted molar refractivity (Wildman–Crippen MR) is 61.2 cm³/mol. The monoisotopic (exact) mass is 196 g/mol. The van der Waals surface area contributed by atoms with Crippen molar-refractivity contribution >= 4 is 31.3 Å². The summed E-state index contributed by atoms with van der Waals surface area (Å²) < 4.78 is 0. The van der Waals surface area contributed by atoms with Gasteiger partial charge in [-0.25, -0.2) is 0 Å². The van der Waals surface area contributed by atoms with Crippen LogP contribution in [-0.4, -0.2) is 5.75 Å². The van der Waals surface area contributed by atoms with E-state index in [1.807, 2.05) is 18.2 Å². The number of allylic oxidation sites excluding steroid dienone is 1. The largest absolute Gasteiger partial charge is 0.179 e. The van der Waals surface area contributed by atoms with E-state index < -0.39 is 0 Å². The van der Waals surface area contributed by atoms with Crippen molar-refractivity contribution in [2.75, 3.05) is 5.75 Å². The zero-order chi connectivity index (χ0) is 8.81. The summed E-state index contributed by atoms with van der Waals surface area (Å²) in [6.07, 6.45) is 5.20. The van der Waals surface area contributed by atoms with Crippen molar-refractivity contribution in [3.63, 3.8) is 0 Å². The van der Waals surface area contributed by atoms with Gasteiger partial charge in [-0.1, -0.05) is 30.4 Å². The first-order valence-electron chi connectivity index (χ1n) is 3.90. The Morgan fingerprint density at radius 2 is 2.00 bits per heavy atom.